The number of alkyl halides is 2. The van der Waals surface area contributed by atoms with Gasteiger partial charge in [-0.1, -0.05) is 44.2 Å². The highest BCUT2D eigenvalue weighted by Gasteiger charge is 2.32. The Hall–Kier alpha value is -3.77. The highest BCUT2D eigenvalue weighted by atomic mass is 19.3. The first-order valence-electron chi connectivity index (χ1n) is 13.5. The maximum absolute atomic E-state index is 13.3. The molecule has 41 heavy (non-hydrogen) atoms. The van der Waals surface area contributed by atoms with Crippen LogP contribution in [-0.2, 0) is 30.3 Å². The van der Waals surface area contributed by atoms with Gasteiger partial charge in [0.2, 0.25) is 24.1 Å². The molecule has 1 aromatic carbocycles. The van der Waals surface area contributed by atoms with E-state index >= 15 is 0 Å². The van der Waals surface area contributed by atoms with Gasteiger partial charge in [0.1, 0.15) is 23.7 Å². The second-order valence-electron chi connectivity index (χ2n) is 11.0. The van der Waals surface area contributed by atoms with Crippen LogP contribution >= 0.6 is 0 Å². The Labute approximate surface area is 239 Å². The molecule has 0 bridgehead atoms. The van der Waals surface area contributed by atoms with E-state index in [1.807, 2.05) is 30.3 Å². The number of benzene rings is 1. The average molecular weight is 585 g/mol. The third kappa shape index (κ3) is 15.6. The number of amides is 4. The van der Waals surface area contributed by atoms with Gasteiger partial charge in [-0.05, 0) is 51.5 Å². The molecule has 1 aromatic rings. The van der Waals surface area contributed by atoms with Crippen LogP contribution in [0.5, 0.6) is 0 Å². The third-order valence-electron chi connectivity index (χ3n) is 5.60. The highest BCUT2D eigenvalue weighted by Crippen LogP contribution is 2.11. The van der Waals surface area contributed by atoms with Crippen molar-refractivity contribution in [3.63, 3.8) is 0 Å². The van der Waals surface area contributed by atoms with E-state index in [9.17, 15) is 32.8 Å². The molecule has 0 unspecified atom stereocenters. The van der Waals surface area contributed by atoms with E-state index in [1.165, 1.54) is 0 Å². The van der Waals surface area contributed by atoms with Crippen molar-refractivity contribution in [2.75, 3.05) is 6.54 Å². The molecular weight excluding hydrogens is 542 g/mol. The molecule has 0 heterocycles. The first-order valence-corrected chi connectivity index (χ1v) is 13.5. The van der Waals surface area contributed by atoms with Crippen LogP contribution < -0.4 is 21.3 Å². The zero-order chi connectivity index (χ0) is 31.2. The number of nitrogens with one attached hydrogen (secondary N) is 4. The summed E-state index contributed by atoms with van der Waals surface area (Å²) in [5.41, 5.74) is 0.0405. The Balaban J connectivity index is 2.98. The van der Waals surface area contributed by atoms with E-state index in [0.29, 0.717) is 6.42 Å². The molecule has 3 atom stereocenters. The molecule has 0 aliphatic heterocycles. The molecule has 0 saturated carbocycles. The van der Waals surface area contributed by atoms with Gasteiger partial charge in [-0.15, -0.1) is 0 Å². The Morgan fingerprint density at radius 1 is 0.854 bits per heavy atom. The maximum atomic E-state index is 13.3. The van der Waals surface area contributed by atoms with Crippen molar-refractivity contribution in [3.8, 4) is 0 Å². The van der Waals surface area contributed by atoms with Crippen molar-refractivity contribution in [1.82, 2.24) is 21.3 Å². The second kappa shape index (κ2) is 17.1. The minimum Gasteiger partial charge on any atom is -0.481 e. The quantitative estimate of drug-likeness (QED) is 0.199. The Morgan fingerprint density at radius 2 is 1.41 bits per heavy atom. The van der Waals surface area contributed by atoms with Gasteiger partial charge in [0.25, 0.3) is 0 Å². The standard InChI is InChI=1S/C28H42F2N4O7/c1-17(2)15-20(32-25(38)19(11-12-23(35)36)34-27(40)41-28(3,4)5)26(39)33-21(16-22(29)30)24(37)31-14-13-18-9-7-6-8-10-18/h6-10,17,19-22H,11-16H2,1-5H3,(H,31,37)(H,32,38)(H,33,39)(H,34,40)(H,35,36)/t19-,20-,21-/m0/s1. The minimum atomic E-state index is -2.89. The zero-order valence-electron chi connectivity index (χ0n) is 24.2. The number of alkyl carbamates (subject to hydrolysis) is 1. The van der Waals surface area contributed by atoms with Gasteiger partial charge in [-0.3, -0.25) is 19.2 Å². The molecule has 1 rings (SSSR count). The van der Waals surface area contributed by atoms with Gasteiger partial charge in [-0.25, -0.2) is 13.6 Å². The van der Waals surface area contributed by atoms with E-state index in [-0.39, 0.29) is 25.3 Å². The summed E-state index contributed by atoms with van der Waals surface area (Å²) in [7, 11) is 0. The topological polar surface area (TPSA) is 163 Å². The number of hydrogen-bond acceptors (Lipinski definition) is 6. The highest BCUT2D eigenvalue weighted by molar-refractivity contribution is 5.94. The second-order valence-corrected chi connectivity index (χ2v) is 11.0. The summed E-state index contributed by atoms with van der Waals surface area (Å²) in [6.07, 6.45) is -5.02. The lowest BCUT2D eigenvalue weighted by Crippen LogP contribution is -2.57. The molecule has 0 aliphatic carbocycles. The average Bonchev–Trinajstić information content (AvgIpc) is 2.84. The minimum absolute atomic E-state index is 0.0761. The van der Waals surface area contributed by atoms with Crippen molar-refractivity contribution < 1.29 is 42.6 Å². The summed E-state index contributed by atoms with van der Waals surface area (Å²) in [4.78, 5) is 62.3. The van der Waals surface area contributed by atoms with Gasteiger partial charge in [0.15, 0.2) is 0 Å². The predicted molar refractivity (Wildman–Crippen MR) is 147 cm³/mol. The Kier molecular flexibility index (Phi) is 14.7. The van der Waals surface area contributed by atoms with Crippen molar-refractivity contribution in [1.29, 1.82) is 0 Å². The number of hydrogen-bond donors (Lipinski definition) is 5. The van der Waals surface area contributed by atoms with Crippen molar-refractivity contribution in [2.24, 2.45) is 5.92 Å². The molecule has 0 radical (unpaired) electrons. The molecule has 4 amide bonds. The van der Waals surface area contributed by atoms with Crippen molar-refractivity contribution >= 4 is 29.8 Å². The molecule has 0 spiro atoms. The van der Waals surface area contributed by atoms with E-state index in [2.05, 4.69) is 21.3 Å². The van der Waals surface area contributed by atoms with E-state index in [1.54, 1.807) is 34.6 Å². The van der Waals surface area contributed by atoms with Crippen LogP contribution in [-0.4, -0.2) is 71.6 Å². The molecule has 0 saturated heterocycles. The van der Waals surface area contributed by atoms with Gasteiger partial charge < -0.3 is 31.1 Å². The van der Waals surface area contributed by atoms with Gasteiger partial charge in [0, 0.05) is 19.4 Å². The smallest absolute Gasteiger partial charge is 0.408 e. The van der Waals surface area contributed by atoms with E-state index < -0.39 is 72.8 Å². The summed E-state index contributed by atoms with van der Waals surface area (Å²) in [5, 5.41) is 18.7. The van der Waals surface area contributed by atoms with E-state index in [0.717, 1.165) is 5.56 Å². The lowest BCUT2D eigenvalue weighted by atomic mass is 10.0. The lowest BCUT2D eigenvalue weighted by molar-refractivity contribution is -0.137. The molecule has 0 aliphatic rings. The summed E-state index contributed by atoms with van der Waals surface area (Å²) >= 11 is 0. The first kappa shape index (κ1) is 35.3. The normalized spacial score (nSPS) is 13.6. The molecule has 0 aromatic heterocycles. The molecule has 11 nitrogen and oxygen atoms in total. The number of aliphatic carboxylic acids is 1. The Bertz CT molecular complexity index is 1020. The van der Waals surface area contributed by atoms with Crippen molar-refractivity contribution in [3.05, 3.63) is 35.9 Å². The molecule has 13 heteroatoms. The number of rotatable bonds is 16. The number of carbonyl (C=O) groups excluding carboxylic acids is 4. The third-order valence-corrected chi connectivity index (χ3v) is 5.60. The predicted octanol–water partition coefficient (Wildman–Crippen LogP) is 2.77. The van der Waals surface area contributed by atoms with E-state index in [4.69, 9.17) is 9.84 Å². The first-order chi connectivity index (χ1) is 19.1. The SMILES string of the molecule is CC(C)C[C@H](NC(=O)[C@H](CCC(=O)O)NC(=O)OC(C)(C)C)C(=O)N[C@@H](CC(F)F)C(=O)NCCc1ccccc1. The number of carboxylic acids is 1. The van der Waals surface area contributed by atoms with Crippen LogP contribution in [0.4, 0.5) is 13.6 Å². The van der Waals surface area contributed by atoms with Crippen molar-refractivity contribution in [2.45, 2.75) is 96.9 Å². The van der Waals surface area contributed by atoms with Crippen LogP contribution in [0.3, 0.4) is 0 Å². The number of halogens is 2. The molecule has 230 valence electrons. The van der Waals surface area contributed by atoms with Crippen LogP contribution in [0.1, 0.15) is 65.9 Å². The molecule has 5 N–H and O–H groups in total. The summed E-state index contributed by atoms with van der Waals surface area (Å²) in [5.74, 6) is -3.88. The number of carboxylic acid groups (broad SMARTS) is 1. The fraction of sp³-hybridized carbons (Fsp3) is 0.607. The van der Waals surface area contributed by atoms with Crippen LogP contribution in [0.15, 0.2) is 30.3 Å². The van der Waals surface area contributed by atoms with Crippen LogP contribution in [0, 0.1) is 5.92 Å². The summed E-state index contributed by atoms with van der Waals surface area (Å²) in [6.45, 7) is 8.51. The maximum Gasteiger partial charge on any atom is 0.408 e. The lowest BCUT2D eigenvalue weighted by Gasteiger charge is -2.27. The van der Waals surface area contributed by atoms with Crippen LogP contribution in [0.25, 0.3) is 0 Å². The number of ether oxygens (including phenoxy) is 1. The zero-order valence-corrected chi connectivity index (χ0v) is 24.2. The molecule has 0 fully saturated rings. The fourth-order valence-electron chi connectivity index (χ4n) is 3.74. The monoisotopic (exact) mass is 584 g/mol. The van der Waals surface area contributed by atoms with Gasteiger partial charge in [0.05, 0.1) is 0 Å². The largest absolute Gasteiger partial charge is 0.481 e. The van der Waals surface area contributed by atoms with Gasteiger partial charge in [-0.2, -0.15) is 0 Å². The summed E-state index contributed by atoms with van der Waals surface area (Å²) < 4.78 is 31.7. The van der Waals surface area contributed by atoms with Crippen LogP contribution in [0.2, 0.25) is 0 Å². The molecular formula is C28H42F2N4O7. The summed E-state index contributed by atoms with van der Waals surface area (Å²) in [6, 6.07) is 5.02. The Morgan fingerprint density at radius 3 is 1.93 bits per heavy atom. The number of carbonyl (C=O) groups is 5. The fourth-order valence-corrected chi connectivity index (χ4v) is 3.74. The van der Waals surface area contributed by atoms with Gasteiger partial charge >= 0.3 is 12.1 Å².